The Bertz CT molecular complexity index is 255. The zero-order chi connectivity index (χ0) is 12.0. The lowest BCUT2D eigenvalue weighted by Crippen LogP contribution is -2.38. The Hall–Kier alpha value is -0.810. The van der Waals surface area contributed by atoms with Gasteiger partial charge in [-0.25, -0.2) is 0 Å². The van der Waals surface area contributed by atoms with Gasteiger partial charge in [0.2, 0.25) is 5.91 Å². The Kier molecular flexibility index (Phi) is 7.91. The number of nitrogens with one attached hydrogen (secondary N) is 2. The van der Waals surface area contributed by atoms with Crippen LogP contribution in [-0.4, -0.2) is 37.6 Å². The van der Waals surface area contributed by atoms with Crippen molar-refractivity contribution in [1.82, 2.24) is 10.6 Å². The van der Waals surface area contributed by atoms with Crippen molar-refractivity contribution in [2.75, 3.05) is 13.7 Å². The molecule has 0 aliphatic carbocycles. The van der Waals surface area contributed by atoms with E-state index in [2.05, 4.69) is 15.4 Å². The van der Waals surface area contributed by atoms with Gasteiger partial charge < -0.3 is 15.4 Å². The lowest BCUT2D eigenvalue weighted by atomic mass is 10.1. The van der Waals surface area contributed by atoms with Gasteiger partial charge in [0, 0.05) is 18.5 Å². The molecule has 0 aromatic carbocycles. The van der Waals surface area contributed by atoms with Crippen LogP contribution in [0.2, 0.25) is 0 Å². The fourth-order valence-corrected chi connectivity index (χ4v) is 1.87. The minimum Gasteiger partial charge on any atom is -0.469 e. The molecule has 1 rings (SSSR count). The van der Waals surface area contributed by atoms with Gasteiger partial charge in [0.15, 0.2) is 0 Å². The highest BCUT2D eigenvalue weighted by molar-refractivity contribution is 5.85. The molecule has 0 radical (unpaired) electrons. The van der Waals surface area contributed by atoms with E-state index in [9.17, 15) is 9.59 Å². The van der Waals surface area contributed by atoms with E-state index in [-0.39, 0.29) is 36.7 Å². The van der Waals surface area contributed by atoms with Crippen molar-refractivity contribution in [1.29, 1.82) is 0 Å². The molecule has 1 amide bonds. The molecular formula is C11H21ClN2O3. The van der Waals surface area contributed by atoms with Gasteiger partial charge in [-0.05, 0) is 26.3 Å². The third kappa shape index (κ3) is 6.48. The van der Waals surface area contributed by atoms with Gasteiger partial charge in [0.1, 0.15) is 0 Å². The summed E-state index contributed by atoms with van der Waals surface area (Å²) < 4.78 is 4.53. The number of carbonyl (C=O) groups excluding carboxylic acids is 2. The summed E-state index contributed by atoms with van der Waals surface area (Å²) in [6.45, 7) is 2.80. The largest absolute Gasteiger partial charge is 0.469 e. The van der Waals surface area contributed by atoms with Crippen LogP contribution in [0.15, 0.2) is 0 Å². The number of ether oxygens (including phenoxy) is 1. The molecule has 0 spiro atoms. The summed E-state index contributed by atoms with van der Waals surface area (Å²) in [6.07, 6.45) is 2.90. The SMILES string of the molecule is COC(=O)CC(C)NC(=O)CC1CCCN1.Cl. The van der Waals surface area contributed by atoms with Gasteiger partial charge >= 0.3 is 5.97 Å². The second-order valence-electron chi connectivity index (χ2n) is 4.25. The van der Waals surface area contributed by atoms with Crippen molar-refractivity contribution < 1.29 is 14.3 Å². The maximum Gasteiger partial charge on any atom is 0.307 e. The number of rotatable bonds is 5. The van der Waals surface area contributed by atoms with Gasteiger partial charge in [0.05, 0.1) is 13.5 Å². The highest BCUT2D eigenvalue weighted by atomic mass is 35.5. The van der Waals surface area contributed by atoms with E-state index in [1.165, 1.54) is 7.11 Å². The van der Waals surface area contributed by atoms with Crippen molar-refractivity contribution in [3.8, 4) is 0 Å². The molecule has 0 saturated carbocycles. The van der Waals surface area contributed by atoms with Gasteiger partial charge in [-0.3, -0.25) is 9.59 Å². The quantitative estimate of drug-likeness (QED) is 0.715. The lowest BCUT2D eigenvalue weighted by molar-refractivity contribution is -0.141. The fourth-order valence-electron chi connectivity index (χ4n) is 1.87. The molecule has 0 bridgehead atoms. The van der Waals surface area contributed by atoms with Crippen molar-refractivity contribution in [2.24, 2.45) is 0 Å². The Balaban J connectivity index is 0.00000256. The molecule has 0 aromatic heterocycles. The summed E-state index contributed by atoms with van der Waals surface area (Å²) in [5.41, 5.74) is 0. The first-order valence-electron chi connectivity index (χ1n) is 5.71. The van der Waals surface area contributed by atoms with E-state index in [4.69, 9.17) is 0 Å². The van der Waals surface area contributed by atoms with Gasteiger partial charge in [-0.2, -0.15) is 0 Å². The normalized spacial score (nSPS) is 20.2. The summed E-state index contributed by atoms with van der Waals surface area (Å²) in [5.74, 6) is -0.303. The van der Waals surface area contributed by atoms with E-state index >= 15 is 0 Å². The summed E-state index contributed by atoms with van der Waals surface area (Å²) in [6, 6.07) is 0.131. The number of amides is 1. The number of esters is 1. The molecule has 1 aliphatic rings. The minimum absolute atomic E-state index is 0. The van der Waals surface area contributed by atoms with Crippen molar-refractivity contribution in [3.63, 3.8) is 0 Å². The summed E-state index contributed by atoms with van der Waals surface area (Å²) in [4.78, 5) is 22.5. The maximum atomic E-state index is 11.6. The van der Waals surface area contributed by atoms with Crippen LogP contribution in [0.5, 0.6) is 0 Å². The number of hydrogen-bond acceptors (Lipinski definition) is 4. The van der Waals surface area contributed by atoms with E-state index in [0.717, 1.165) is 19.4 Å². The third-order valence-corrected chi connectivity index (χ3v) is 2.70. The van der Waals surface area contributed by atoms with Crippen LogP contribution in [-0.2, 0) is 14.3 Å². The van der Waals surface area contributed by atoms with Crippen LogP contribution in [0, 0.1) is 0 Å². The smallest absolute Gasteiger partial charge is 0.307 e. The van der Waals surface area contributed by atoms with Crippen LogP contribution >= 0.6 is 12.4 Å². The zero-order valence-corrected chi connectivity index (χ0v) is 11.1. The minimum atomic E-state index is -0.299. The predicted octanol–water partition coefficient (Wildman–Crippen LogP) is 0.618. The van der Waals surface area contributed by atoms with E-state index < -0.39 is 0 Å². The number of carbonyl (C=O) groups is 2. The van der Waals surface area contributed by atoms with Crippen molar-refractivity contribution >= 4 is 24.3 Å². The Morgan fingerprint density at radius 3 is 2.76 bits per heavy atom. The highest BCUT2D eigenvalue weighted by Gasteiger charge is 2.19. The second-order valence-corrected chi connectivity index (χ2v) is 4.25. The third-order valence-electron chi connectivity index (χ3n) is 2.70. The Labute approximate surface area is 108 Å². The standard InChI is InChI=1S/C11H20N2O3.ClH/c1-8(6-11(15)16-2)13-10(14)7-9-4-3-5-12-9;/h8-9,12H,3-7H2,1-2H3,(H,13,14);1H. The molecule has 0 aromatic rings. The van der Waals surface area contributed by atoms with E-state index in [0.29, 0.717) is 12.5 Å². The van der Waals surface area contributed by atoms with E-state index in [1.54, 1.807) is 6.92 Å². The lowest BCUT2D eigenvalue weighted by Gasteiger charge is -2.15. The van der Waals surface area contributed by atoms with Crippen molar-refractivity contribution in [2.45, 2.75) is 44.7 Å². The second kappa shape index (κ2) is 8.31. The summed E-state index contributed by atoms with van der Waals surface area (Å²) in [7, 11) is 1.35. The molecule has 2 atom stereocenters. The first-order valence-corrected chi connectivity index (χ1v) is 5.71. The summed E-state index contributed by atoms with van der Waals surface area (Å²) in [5, 5.41) is 6.05. The van der Waals surface area contributed by atoms with E-state index in [1.807, 2.05) is 0 Å². The molecule has 1 fully saturated rings. The molecule has 1 aliphatic heterocycles. The van der Waals surface area contributed by atoms with Crippen LogP contribution in [0.4, 0.5) is 0 Å². The molecule has 5 nitrogen and oxygen atoms in total. The number of halogens is 1. The van der Waals surface area contributed by atoms with Crippen molar-refractivity contribution in [3.05, 3.63) is 0 Å². The molecule has 17 heavy (non-hydrogen) atoms. The monoisotopic (exact) mass is 264 g/mol. The van der Waals surface area contributed by atoms with Crippen LogP contribution in [0.3, 0.4) is 0 Å². The van der Waals surface area contributed by atoms with Gasteiger partial charge in [0.25, 0.3) is 0 Å². The molecule has 1 saturated heterocycles. The highest BCUT2D eigenvalue weighted by Crippen LogP contribution is 2.08. The average molecular weight is 265 g/mol. The molecule has 2 unspecified atom stereocenters. The van der Waals surface area contributed by atoms with Crippen LogP contribution in [0.1, 0.15) is 32.6 Å². The average Bonchev–Trinajstić information content (AvgIpc) is 2.69. The van der Waals surface area contributed by atoms with Crippen LogP contribution in [0.25, 0.3) is 0 Å². The summed E-state index contributed by atoms with van der Waals surface area (Å²) >= 11 is 0. The Morgan fingerprint density at radius 1 is 1.53 bits per heavy atom. The maximum absolute atomic E-state index is 11.6. The van der Waals surface area contributed by atoms with Gasteiger partial charge in [-0.1, -0.05) is 0 Å². The first-order chi connectivity index (χ1) is 7.61. The van der Waals surface area contributed by atoms with Gasteiger partial charge in [-0.15, -0.1) is 12.4 Å². The first kappa shape index (κ1) is 16.2. The number of hydrogen-bond donors (Lipinski definition) is 2. The predicted molar refractivity (Wildman–Crippen MR) is 67.1 cm³/mol. The fraction of sp³-hybridized carbons (Fsp3) is 0.818. The van der Waals surface area contributed by atoms with Crippen LogP contribution < -0.4 is 10.6 Å². The molecule has 100 valence electrons. The topological polar surface area (TPSA) is 67.4 Å². The molecule has 2 N–H and O–H groups in total. The molecular weight excluding hydrogens is 244 g/mol. The Morgan fingerprint density at radius 2 is 2.24 bits per heavy atom. The zero-order valence-electron chi connectivity index (χ0n) is 10.3. The molecule has 1 heterocycles. The number of methoxy groups -OCH3 is 1. The molecule has 6 heteroatoms.